The molecule has 0 aliphatic rings. The van der Waals surface area contributed by atoms with Crippen molar-refractivity contribution in [3.05, 3.63) is 49.6 Å². The smallest absolute Gasteiger partial charge is 0.138 e. The second kappa shape index (κ2) is 5.21. The first-order valence-electron chi connectivity index (χ1n) is 4.46. The van der Waals surface area contributed by atoms with Crippen LogP contribution in [0.3, 0.4) is 0 Å². The predicted octanol–water partition coefficient (Wildman–Crippen LogP) is 6.02. The van der Waals surface area contributed by atoms with Gasteiger partial charge in [0.15, 0.2) is 0 Å². The van der Waals surface area contributed by atoms with Crippen LogP contribution in [0.5, 0.6) is 0 Å². The molecular weight excluding hydrogens is 323 g/mol. The summed E-state index contributed by atoms with van der Waals surface area (Å²) in [6.07, 6.45) is 0. The van der Waals surface area contributed by atoms with Crippen LogP contribution < -0.4 is 0 Å². The minimum atomic E-state index is 0.262. The summed E-state index contributed by atoms with van der Waals surface area (Å²) in [6.45, 7) is 0. The molecule has 1 aromatic carbocycles. The third kappa shape index (κ3) is 2.81. The van der Waals surface area contributed by atoms with Crippen molar-refractivity contribution < 1.29 is 0 Å². The van der Waals surface area contributed by atoms with Gasteiger partial charge in [0, 0.05) is 11.1 Å². The Hall–Kier alpha value is -0.180. The molecule has 0 spiro atoms. The van der Waals surface area contributed by atoms with Crippen LogP contribution in [0.2, 0.25) is 25.4 Å². The largest absolute Gasteiger partial charge is 0.224 e. The summed E-state index contributed by atoms with van der Waals surface area (Å²) in [4.78, 5) is 3.94. The van der Waals surface area contributed by atoms with Crippen molar-refractivity contribution in [1.82, 2.24) is 4.98 Å². The molecule has 0 saturated carbocycles. The Labute approximate surface area is 123 Å². The Morgan fingerprint density at radius 1 is 0.706 bits per heavy atom. The standard InChI is InChI=1S/C11H4Cl5N/c12-7-4-9(14)8(13)3-6(7)5-1-2-10(15)17-11(5)16/h1-4H. The average Bonchev–Trinajstić information content (AvgIpc) is 2.24. The van der Waals surface area contributed by atoms with Crippen molar-refractivity contribution in [2.24, 2.45) is 0 Å². The maximum absolute atomic E-state index is 6.09. The molecule has 17 heavy (non-hydrogen) atoms. The van der Waals surface area contributed by atoms with E-state index < -0.39 is 0 Å². The average molecular weight is 327 g/mol. The molecule has 0 aliphatic carbocycles. The van der Waals surface area contributed by atoms with Gasteiger partial charge in [-0.05, 0) is 24.3 Å². The van der Waals surface area contributed by atoms with E-state index in [1.165, 1.54) is 0 Å². The van der Waals surface area contributed by atoms with Crippen molar-refractivity contribution in [2.75, 3.05) is 0 Å². The van der Waals surface area contributed by atoms with Gasteiger partial charge in [0.2, 0.25) is 0 Å². The topological polar surface area (TPSA) is 12.9 Å². The second-order valence-electron chi connectivity index (χ2n) is 3.22. The summed E-state index contributed by atoms with van der Waals surface area (Å²) in [6, 6.07) is 6.56. The summed E-state index contributed by atoms with van der Waals surface area (Å²) < 4.78 is 0. The van der Waals surface area contributed by atoms with Crippen molar-refractivity contribution in [3.63, 3.8) is 0 Å². The zero-order chi connectivity index (χ0) is 12.6. The van der Waals surface area contributed by atoms with E-state index in [9.17, 15) is 0 Å². The molecule has 1 heterocycles. The number of hydrogen-bond acceptors (Lipinski definition) is 1. The SMILES string of the molecule is Clc1ccc(-c2cc(Cl)c(Cl)cc2Cl)c(Cl)n1. The summed E-state index contributed by atoms with van der Waals surface area (Å²) in [5.41, 5.74) is 1.31. The fourth-order valence-corrected chi connectivity index (χ4v) is 2.44. The van der Waals surface area contributed by atoms with E-state index in [4.69, 9.17) is 58.0 Å². The van der Waals surface area contributed by atoms with E-state index in [1.807, 2.05) is 0 Å². The molecule has 0 N–H and O–H groups in total. The van der Waals surface area contributed by atoms with Crippen LogP contribution in [0.4, 0.5) is 0 Å². The van der Waals surface area contributed by atoms with E-state index >= 15 is 0 Å². The quantitative estimate of drug-likeness (QED) is 0.461. The van der Waals surface area contributed by atoms with Gasteiger partial charge in [-0.25, -0.2) is 4.98 Å². The lowest BCUT2D eigenvalue weighted by Crippen LogP contribution is -1.86. The minimum Gasteiger partial charge on any atom is -0.224 e. The highest BCUT2D eigenvalue weighted by molar-refractivity contribution is 6.44. The summed E-state index contributed by atoms with van der Waals surface area (Å²) in [7, 11) is 0. The van der Waals surface area contributed by atoms with E-state index in [2.05, 4.69) is 4.98 Å². The molecule has 1 nitrogen and oxygen atoms in total. The first-order chi connectivity index (χ1) is 7.99. The first kappa shape index (κ1) is 13.3. The lowest BCUT2D eigenvalue weighted by molar-refractivity contribution is 1.33. The third-order valence-electron chi connectivity index (χ3n) is 2.11. The van der Waals surface area contributed by atoms with Gasteiger partial charge in [0.25, 0.3) is 0 Å². The van der Waals surface area contributed by atoms with Gasteiger partial charge in [-0.3, -0.25) is 0 Å². The number of benzene rings is 1. The van der Waals surface area contributed by atoms with E-state index in [0.29, 0.717) is 31.3 Å². The molecule has 88 valence electrons. The normalized spacial score (nSPS) is 10.6. The molecule has 0 atom stereocenters. The minimum absolute atomic E-state index is 0.262. The highest BCUT2D eigenvalue weighted by Crippen LogP contribution is 2.37. The number of pyridine rings is 1. The molecule has 0 saturated heterocycles. The molecule has 0 bridgehead atoms. The van der Waals surface area contributed by atoms with E-state index in [0.717, 1.165) is 0 Å². The number of halogens is 5. The molecule has 0 radical (unpaired) electrons. The molecule has 6 heteroatoms. The van der Waals surface area contributed by atoms with Crippen LogP contribution in [-0.4, -0.2) is 4.98 Å². The van der Waals surface area contributed by atoms with Crippen LogP contribution in [0.1, 0.15) is 0 Å². The van der Waals surface area contributed by atoms with E-state index in [1.54, 1.807) is 24.3 Å². The van der Waals surface area contributed by atoms with Gasteiger partial charge in [-0.1, -0.05) is 58.0 Å². The number of aromatic nitrogens is 1. The summed E-state index contributed by atoms with van der Waals surface area (Å²) in [5.74, 6) is 0. The van der Waals surface area contributed by atoms with Crippen molar-refractivity contribution in [2.45, 2.75) is 0 Å². The van der Waals surface area contributed by atoms with Crippen LogP contribution >= 0.6 is 58.0 Å². The fraction of sp³-hybridized carbons (Fsp3) is 0. The van der Waals surface area contributed by atoms with Gasteiger partial charge in [0.05, 0.1) is 15.1 Å². The summed E-state index contributed by atoms with van der Waals surface area (Å²) in [5, 5.41) is 1.81. The first-order valence-corrected chi connectivity index (χ1v) is 6.35. The van der Waals surface area contributed by atoms with Crippen LogP contribution in [0.15, 0.2) is 24.3 Å². The highest BCUT2D eigenvalue weighted by Gasteiger charge is 2.12. The van der Waals surface area contributed by atoms with Gasteiger partial charge in [-0.2, -0.15) is 0 Å². The summed E-state index contributed by atoms with van der Waals surface area (Å²) >= 11 is 29.6. The predicted molar refractivity (Wildman–Crippen MR) is 74.7 cm³/mol. The Morgan fingerprint density at radius 2 is 1.35 bits per heavy atom. The van der Waals surface area contributed by atoms with Gasteiger partial charge in [-0.15, -0.1) is 0 Å². The Balaban J connectivity index is 2.64. The molecule has 0 unspecified atom stereocenters. The third-order valence-corrected chi connectivity index (χ3v) is 3.65. The zero-order valence-corrected chi connectivity index (χ0v) is 11.9. The molecule has 2 aromatic rings. The monoisotopic (exact) mass is 325 g/mol. The lowest BCUT2D eigenvalue weighted by Gasteiger charge is -2.08. The van der Waals surface area contributed by atoms with Crippen molar-refractivity contribution in [1.29, 1.82) is 0 Å². The van der Waals surface area contributed by atoms with Gasteiger partial charge >= 0.3 is 0 Å². The van der Waals surface area contributed by atoms with Crippen LogP contribution in [0, 0.1) is 0 Å². The van der Waals surface area contributed by atoms with Gasteiger partial charge < -0.3 is 0 Å². The maximum Gasteiger partial charge on any atom is 0.138 e. The molecule has 0 aliphatic heterocycles. The van der Waals surface area contributed by atoms with E-state index in [-0.39, 0.29) is 5.15 Å². The van der Waals surface area contributed by atoms with Crippen molar-refractivity contribution >= 4 is 58.0 Å². The lowest BCUT2D eigenvalue weighted by atomic mass is 10.1. The molecule has 1 aromatic heterocycles. The molecule has 2 rings (SSSR count). The Kier molecular flexibility index (Phi) is 4.06. The van der Waals surface area contributed by atoms with Gasteiger partial charge in [0.1, 0.15) is 10.3 Å². The number of rotatable bonds is 1. The fourth-order valence-electron chi connectivity index (χ4n) is 1.34. The number of hydrogen-bond donors (Lipinski definition) is 0. The molecule has 0 fully saturated rings. The molecular formula is C11H4Cl5N. The van der Waals surface area contributed by atoms with Crippen LogP contribution in [0.25, 0.3) is 11.1 Å². The number of nitrogens with zero attached hydrogens (tertiary/aromatic N) is 1. The Bertz CT molecular complexity index is 582. The maximum atomic E-state index is 6.09. The zero-order valence-electron chi connectivity index (χ0n) is 8.15. The van der Waals surface area contributed by atoms with Crippen molar-refractivity contribution in [3.8, 4) is 11.1 Å². The molecule has 0 amide bonds. The van der Waals surface area contributed by atoms with Crippen LogP contribution in [-0.2, 0) is 0 Å². The Morgan fingerprint density at radius 3 is 2.00 bits per heavy atom. The second-order valence-corrected chi connectivity index (χ2v) is 5.19. The highest BCUT2D eigenvalue weighted by atomic mass is 35.5.